The van der Waals surface area contributed by atoms with Gasteiger partial charge in [0.2, 0.25) is 0 Å². The molecule has 25 heavy (non-hydrogen) atoms. The van der Waals surface area contributed by atoms with Crippen LogP contribution in [0, 0.1) is 5.92 Å². The molecule has 0 radical (unpaired) electrons. The van der Waals surface area contributed by atoms with Crippen molar-refractivity contribution >= 4 is 10.2 Å². The number of alkyl halides is 3. The number of rotatable bonds is 6. The lowest BCUT2D eigenvalue weighted by atomic mass is 9.99. The van der Waals surface area contributed by atoms with E-state index in [1.807, 2.05) is 0 Å². The predicted octanol–water partition coefficient (Wildman–Crippen LogP) is 2.74. The summed E-state index contributed by atoms with van der Waals surface area (Å²) in [5, 5.41) is 0. The van der Waals surface area contributed by atoms with Gasteiger partial charge in [-0.1, -0.05) is 18.2 Å². The summed E-state index contributed by atoms with van der Waals surface area (Å²) >= 11 is 0. The maximum absolute atomic E-state index is 12.8. The largest absolute Gasteiger partial charge is 0.416 e. The van der Waals surface area contributed by atoms with Crippen molar-refractivity contribution in [3.05, 3.63) is 35.4 Å². The smallest absolute Gasteiger partial charge is 0.384 e. The Morgan fingerprint density at radius 3 is 2.48 bits per heavy atom. The van der Waals surface area contributed by atoms with Crippen LogP contribution in [0.5, 0.6) is 0 Å². The van der Waals surface area contributed by atoms with Crippen LogP contribution in [0.25, 0.3) is 0 Å². The van der Waals surface area contributed by atoms with Crippen LogP contribution in [0.1, 0.15) is 24.0 Å². The Morgan fingerprint density at radius 2 is 1.92 bits per heavy atom. The second-order valence-electron chi connectivity index (χ2n) is 6.26. The summed E-state index contributed by atoms with van der Waals surface area (Å²) < 4.78 is 71.2. The summed E-state index contributed by atoms with van der Waals surface area (Å²) in [6.45, 7) is 1.28. The fourth-order valence-corrected chi connectivity index (χ4v) is 4.30. The summed E-state index contributed by atoms with van der Waals surface area (Å²) in [6.07, 6.45) is -3.02. The summed E-state index contributed by atoms with van der Waals surface area (Å²) in [7, 11) is -0.700. The van der Waals surface area contributed by atoms with E-state index in [4.69, 9.17) is 4.74 Å². The van der Waals surface area contributed by atoms with Gasteiger partial charge in [0.05, 0.1) is 5.56 Å². The summed E-state index contributed by atoms with van der Waals surface area (Å²) in [5.74, 6) is 0.338. The quantitative estimate of drug-likeness (QED) is 0.763. The Morgan fingerprint density at radius 1 is 1.28 bits per heavy atom. The molecule has 0 bridgehead atoms. The second-order valence-corrected chi connectivity index (χ2v) is 8.30. The number of nitrogens with zero attached hydrogens (tertiary/aromatic N) is 2. The molecule has 0 N–H and O–H groups in total. The number of ether oxygens (including phenoxy) is 1. The molecule has 1 saturated heterocycles. The topological polar surface area (TPSA) is 49.9 Å². The lowest BCUT2D eigenvalue weighted by Gasteiger charge is -2.33. The second kappa shape index (κ2) is 8.03. The molecule has 0 aliphatic carbocycles. The van der Waals surface area contributed by atoms with Crippen LogP contribution in [-0.4, -0.2) is 50.9 Å². The van der Waals surface area contributed by atoms with Crippen LogP contribution >= 0.6 is 0 Å². The first-order chi connectivity index (χ1) is 11.6. The molecule has 1 aliphatic rings. The lowest BCUT2D eigenvalue weighted by molar-refractivity contribution is -0.137. The number of piperidine rings is 1. The summed E-state index contributed by atoms with van der Waals surface area (Å²) in [4.78, 5) is 0. The van der Waals surface area contributed by atoms with Crippen LogP contribution in [0.3, 0.4) is 0 Å². The molecule has 1 aromatic rings. The van der Waals surface area contributed by atoms with Gasteiger partial charge < -0.3 is 4.74 Å². The van der Waals surface area contributed by atoms with E-state index in [0.29, 0.717) is 44.0 Å². The van der Waals surface area contributed by atoms with Crippen LogP contribution < -0.4 is 0 Å². The van der Waals surface area contributed by atoms with Gasteiger partial charge in [0, 0.05) is 40.4 Å². The zero-order valence-corrected chi connectivity index (χ0v) is 15.1. The van der Waals surface area contributed by atoms with Gasteiger partial charge in [0.25, 0.3) is 10.2 Å². The summed E-state index contributed by atoms with van der Waals surface area (Å²) in [5.41, 5.74) is -0.480. The number of hydrogen-bond acceptors (Lipinski definition) is 3. The molecule has 0 saturated carbocycles. The molecular formula is C16H23F3N2O3S. The fraction of sp³-hybridized carbons (Fsp3) is 0.625. The van der Waals surface area contributed by atoms with E-state index >= 15 is 0 Å². The van der Waals surface area contributed by atoms with Gasteiger partial charge in [-0.15, -0.1) is 0 Å². The van der Waals surface area contributed by atoms with Crippen LogP contribution in [0.15, 0.2) is 24.3 Å². The third-order valence-corrected chi connectivity index (χ3v) is 6.29. The standard InChI is InChI=1S/C16H23F3N2O3S/c1-20(11-14-4-3-5-15(10-14)16(17,18)19)25(22,23)21-8-6-13(7-9-21)12-24-2/h3-5,10,13H,6-9,11-12H2,1-2H3. The molecule has 1 aromatic carbocycles. The molecule has 1 fully saturated rings. The highest BCUT2D eigenvalue weighted by molar-refractivity contribution is 7.86. The monoisotopic (exact) mass is 380 g/mol. The maximum atomic E-state index is 12.8. The van der Waals surface area contributed by atoms with Crippen molar-refractivity contribution in [1.82, 2.24) is 8.61 Å². The number of hydrogen-bond donors (Lipinski definition) is 0. The predicted molar refractivity (Wildman–Crippen MR) is 88.0 cm³/mol. The molecule has 0 spiro atoms. The van der Waals surface area contributed by atoms with Crippen LogP contribution in [0.2, 0.25) is 0 Å². The average Bonchev–Trinajstić information content (AvgIpc) is 2.55. The maximum Gasteiger partial charge on any atom is 0.416 e. The molecule has 142 valence electrons. The molecule has 2 rings (SSSR count). The lowest BCUT2D eigenvalue weighted by Crippen LogP contribution is -2.45. The first-order valence-electron chi connectivity index (χ1n) is 8.01. The van der Waals surface area contributed by atoms with E-state index < -0.39 is 21.9 Å². The van der Waals surface area contributed by atoms with E-state index in [0.717, 1.165) is 16.4 Å². The normalized spacial score (nSPS) is 18.0. The Labute approximate surface area is 146 Å². The van der Waals surface area contributed by atoms with Gasteiger partial charge >= 0.3 is 6.18 Å². The average molecular weight is 380 g/mol. The highest BCUT2D eigenvalue weighted by Gasteiger charge is 2.32. The van der Waals surface area contributed by atoms with E-state index in [2.05, 4.69) is 0 Å². The minimum absolute atomic E-state index is 0.107. The zero-order valence-electron chi connectivity index (χ0n) is 14.3. The molecule has 1 heterocycles. The zero-order chi connectivity index (χ0) is 18.7. The highest BCUT2D eigenvalue weighted by Crippen LogP contribution is 2.30. The number of methoxy groups -OCH3 is 1. The van der Waals surface area contributed by atoms with Gasteiger partial charge in [0.15, 0.2) is 0 Å². The van der Waals surface area contributed by atoms with E-state index in [1.54, 1.807) is 7.11 Å². The van der Waals surface area contributed by atoms with E-state index in [-0.39, 0.29) is 6.54 Å². The molecule has 0 amide bonds. The van der Waals surface area contributed by atoms with Crippen molar-refractivity contribution in [1.29, 1.82) is 0 Å². The van der Waals surface area contributed by atoms with Crippen molar-refractivity contribution < 1.29 is 26.3 Å². The third-order valence-electron chi connectivity index (χ3n) is 4.36. The van der Waals surface area contributed by atoms with Crippen LogP contribution in [-0.2, 0) is 27.7 Å². The van der Waals surface area contributed by atoms with Gasteiger partial charge in [0.1, 0.15) is 0 Å². The Hall–Kier alpha value is -1.16. The fourth-order valence-electron chi connectivity index (χ4n) is 2.92. The third kappa shape index (κ3) is 5.16. The van der Waals surface area contributed by atoms with Gasteiger partial charge in [-0.25, -0.2) is 0 Å². The summed E-state index contributed by atoms with van der Waals surface area (Å²) in [6, 6.07) is 4.73. The van der Waals surface area contributed by atoms with E-state index in [9.17, 15) is 21.6 Å². The van der Waals surface area contributed by atoms with Gasteiger partial charge in [-0.2, -0.15) is 30.2 Å². The Kier molecular flexibility index (Phi) is 6.47. The molecular weight excluding hydrogens is 357 g/mol. The number of halogens is 3. The first kappa shape index (κ1) is 20.2. The molecule has 0 atom stereocenters. The molecule has 9 heteroatoms. The Balaban J connectivity index is 2.03. The first-order valence-corrected chi connectivity index (χ1v) is 9.40. The van der Waals surface area contributed by atoms with Crippen molar-refractivity contribution in [3.8, 4) is 0 Å². The van der Waals surface area contributed by atoms with Crippen LogP contribution in [0.4, 0.5) is 13.2 Å². The van der Waals surface area contributed by atoms with Crippen molar-refractivity contribution in [2.75, 3.05) is 33.9 Å². The molecule has 1 aliphatic heterocycles. The molecule has 0 aromatic heterocycles. The molecule has 0 unspecified atom stereocenters. The van der Waals surface area contributed by atoms with Crippen molar-refractivity contribution in [3.63, 3.8) is 0 Å². The molecule has 5 nitrogen and oxygen atoms in total. The Bertz CT molecular complexity index is 671. The van der Waals surface area contributed by atoms with Gasteiger partial charge in [-0.3, -0.25) is 0 Å². The van der Waals surface area contributed by atoms with Gasteiger partial charge in [-0.05, 0) is 30.4 Å². The highest BCUT2D eigenvalue weighted by atomic mass is 32.2. The number of benzene rings is 1. The minimum Gasteiger partial charge on any atom is -0.384 e. The van der Waals surface area contributed by atoms with E-state index in [1.165, 1.54) is 23.5 Å². The SMILES string of the molecule is COCC1CCN(S(=O)(=O)N(C)Cc2cccc(C(F)(F)F)c2)CC1. The van der Waals surface area contributed by atoms with Crippen molar-refractivity contribution in [2.45, 2.75) is 25.6 Å². The van der Waals surface area contributed by atoms with Crippen molar-refractivity contribution in [2.24, 2.45) is 5.92 Å². The minimum atomic E-state index is -4.45.